The number of hydrogen-bond donors (Lipinski definition) is 0. The van der Waals surface area contributed by atoms with Crippen molar-refractivity contribution in [3.63, 3.8) is 0 Å². The van der Waals surface area contributed by atoms with Gasteiger partial charge in [-0.2, -0.15) is 5.26 Å². The normalized spacial score (nSPS) is 8.79. The third-order valence-corrected chi connectivity index (χ3v) is 1.92. The zero-order chi connectivity index (χ0) is 9.80. The van der Waals surface area contributed by atoms with Crippen molar-refractivity contribution >= 4 is 10.8 Å². The lowest BCUT2D eigenvalue weighted by Crippen LogP contribution is -1.81. The van der Waals surface area contributed by atoms with Gasteiger partial charge in [0, 0.05) is 29.1 Å². The van der Waals surface area contributed by atoms with Crippen LogP contribution in [0.2, 0.25) is 0 Å². The highest BCUT2D eigenvalue weighted by molar-refractivity contribution is 5.87. The minimum absolute atomic E-state index is 0.796. The van der Waals surface area contributed by atoms with Gasteiger partial charge in [-0.25, -0.2) is 0 Å². The van der Waals surface area contributed by atoms with Crippen LogP contribution in [-0.4, -0.2) is 4.98 Å². The first kappa shape index (κ1) is 8.29. The molecule has 64 valence electrons. The maximum absolute atomic E-state index is 8.36. The molecule has 1 aromatic heterocycles. The lowest BCUT2D eigenvalue weighted by atomic mass is 10.1. The van der Waals surface area contributed by atoms with Crippen LogP contribution in [0, 0.1) is 23.2 Å². The lowest BCUT2D eigenvalue weighted by Gasteiger charge is -1.97. The molecule has 0 unspecified atom stereocenters. The average Bonchev–Trinajstić information content (AvgIpc) is 2.26. The molecule has 0 saturated carbocycles. The molecule has 2 rings (SSSR count). The number of aromatic nitrogens is 1. The highest BCUT2D eigenvalue weighted by Crippen LogP contribution is 2.15. The van der Waals surface area contributed by atoms with E-state index in [4.69, 9.17) is 5.26 Å². The molecule has 0 aliphatic rings. The molecule has 2 heteroatoms. The topological polar surface area (TPSA) is 36.7 Å². The van der Waals surface area contributed by atoms with Crippen LogP contribution in [0.1, 0.15) is 5.56 Å². The summed E-state index contributed by atoms with van der Waals surface area (Å²) in [4.78, 5) is 4.05. The summed E-state index contributed by atoms with van der Waals surface area (Å²) in [6, 6.07) is 9.63. The summed E-state index contributed by atoms with van der Waals surface area (Å²) in [5.74, 6) is 5.14. The van der Waals surface area contributed by atoms with Crippen LogP contribution < -0.4 is 0 Å². The summed E-state index contributed by atoms with van der Waals surface area (Å²) < 4.78 is 0. The van der Waals surface area contributed by atoms with Crippen molar-refractivity contribution in [3.05, 3.63) is 42.2 Å². The van der Waals surface area contributed by atoms with E-state index in [1.54, 1.807) is 18.5 Å². The first-order chi connectivity index (χ1) is 6.92. The molecule has 1 aromatic carbocycles. The van der Waals surface area contributed by atoms with Gasteiger partial charge in [0.05, 0.1) is 5.56 Å². The average molecular weight is 178 g/mol. The van der Waals surface area contributed by atoms with E-state index in [2.05, 4.69) is 16.8 Å². The van der Waals surface area contributed by atoms with Crippen molar-refractivity contribution in [3.8, 4) is 17.9 Å². The molecule has 0 spiro atoms. The van der Waals surface area contributed by atoms with Crippen LogP contribution in [0.5, 0.6) is 0 Å². The molecule has 0 aliphatic heterocycles. The van der Waals surface area contributed by atoms with E-state index in [9.17, 15) is 0 Å². The van der Waals surface area contributed by atoms with Crippen molar-refractivity contribution in [2.24, 2.45) is 0 Å². The van der Waals surface area contributed by atoms with Crippen molar-refractivity contribution < 1.29 is 0 Å². The monoisotopic (exact) mass is 178 g/mol. The number of pyridine rings is 1. The van der Waals surface area contributed by atoms with Gasteiger partial charge < -0.3 is 0 Å². The molecular formula is C12H6N2. The van der Waals surface area contributed by atoms with Gasteiger partial charge in [0.2, 0.25) is 0 Å². The first-order valence-electron chi connectivity index (χ1n) is 4.14. The zero-order valence-electron chi connectivity index (χ0n) is 7.36. The number of fused-ring (bicyclic) bond motifs is 1. The Bertz CT molecular complexity index is 563. The van der Waals surface area contributed by atoms with Gasteiger partial charge in [0.15, 0.2) is 6.07 Å². The second-order valence-corrected chi connectivity index (χ2v) is 2.77. The quantitative estimate of drug-likeness (QED) is 0.579. The van der Waals surface area contributed by atoms with E-state index < -0.39 is 0 Å². The molecule has 0 N–H and O–H groups in total. The Morgan fingerprint density at radius 3 is 2.86 bits per heavy atom. The molecule has 2 nitrogen and oxygen atoms in total. The van der Waals surface area contributed by atoms with Gasteiger partial charge >= 0.3 is 0 Å². The fourth-order valence-corrected chi connectivity index (χ4v) is 1.31. The molecule has 1 heterocycles. The second kappa shape index (κ2) is 3.60. The highest BCUT2D eigenvalue weighted by atomic mass is 14.6. The molecule has 0 atom stereocenters. The zero-order valence-corrected chi connectivity index (χ0v) is 7.36. The third kappa shape index (κ3) is 1.42. The maximum Gasteiger partial charge on any atom is 0.152 e. The molecule has 2 aromatic rings. The fourth-order valence-electron chi connectivity index (χ4n) is 1.31. The Balaban J connectivity index is 2.72. The van der Waals surface area contributed by atoms with E-state index in [-0.39, 0.29) is 0 Å². The fraction of sp³-hybridized carbons (Fsp3) is 0. The van der Waals surface area contributed by atoms with Gasteiger partial charge in [-0.05, 0) is 5.92 Å². The van der Waals surface area contributed by atoms with Crippen LogP contribution in [0.15, 0.2) is 36.7 Å². The first-order valence-corrected chi connectivity index (χ1v) is 4.14. The molecule has 0 bridgehead atoms. The minimum atomic E-state index is 0.796. The Labute approximate surface area is 81.8 Å². The molecule has 0 aliphatic carbocycles. The lowest BCUT2D eigenvalue weighted by molar-refractivity contribution is 1.35. The Morgan fingerprint density at radius 2 is 2.00 bits per heavy atom. The van der Waals surface area contributed by atoms with Gasteiger partial charge in [-0.1, -0.05) is 24.3 Å². The van der Waals surface area contributed by atoms with Crippen LogP contribution in [0.25, 0.3) is 10.8 Å². The highest BCUT2D eigenvalue weighted by Gasteiger charge is 1.96. The van der Waals surface area contributed by atoms with Crippen molar-refractivity contribution in [1.29, 1.82) is 5.26 Å². The summed E-state index contributed by atoms with van der Waals surface area (Å²) in [5.41, 5.74) is 0.796. The van der Waals surface area contributed by atoms with E-state index in [1.807, 2.05) is 24.3 Å². The van der Waals surface area contributed by atoms with Gasteiger partial charge in [-0.3, -0.25) is 4.98 Å². The number of nitrogens with zero attached hydrogens (tertiary/aromatic N) is 2. The predicted octanol–water partition coefficient (Wildman–Crippen LogP) is 2.11. The van der Waals surface area contributed by atoms with E-state index >= 15 is 0 Å². The van der Waals surface area contributed by atoms with Crippen LogP contribution >= 0.6 is 0 Å². The van der Waals surface area contributed by atoms with Crippen LogP contribution in [-0.2, 0) is 0 Å². The summed E-state index contributed by atoms with van der Waals surface area (Å²) in [6.45, 7) is 0. The molecule has 0 fully saturated rings. The predicted molar refractivity (Wildman–Crippen MR) is 54.2 cm³/mol. The third-order valence-electron chi connectivity index (χ3n) is 1.92. The van der Waals surface area contributed by atoms with Gasteiger partial charge in [0.1, 0.15) is 0 Å². The number of nitriles is 1. The van der Waals surface area contributed by atoms with Crippen LogP contribution in [0.4, 0.5) is 0 Å². The van der Waals surface area contributed by atoms with E-state index in [1.165, 1.54) is 0 Å². The van der Waals surface area contributed by atoms with Crippen molar-refractivity contribution in [2.45, 2.75) is 0 Å². The second-order valence-electron chi connectivity index (χ2n) is 2.77. The van der Waals surface area contributed by atoms with Gasteiger partial charge in [0.25, 0.3) is 0 Å². The number of rotatable bonds is 0. The number of benzene rings is 1. The van der Waals surface area contributed by atoms with E-state index in [0.717, 1.165) is 16.3 Å². The Hall–Kier alpha value is -2.32. The van der Waals surface area contributed by atoms with Crippen molar-refractivity contribution in [2.75, 3.05) is 0 Å². The standard InChI is InChI=1S/C12H6N2/c13-7-3-5-11-9-14-8-10-4-1-2-6-12(10)11/h1-2,4,6,8-9H. The molecule has 0 radical (unpaired) electrons. The van der Waals surface area contributed by atoms with Crippen LogP contribution in [0.3, 0.4) is 0 Å². The smallest absolute Gasteiger partial charge is 0.152 e. The Kier molecular flexibility index (Phi) is 2.13. The van der Waals surface area contributed by atoms with Gasteiger partial charge in [-0.15, -0.1) is 0 Å². The SMILES string of the molecule is N#CC#Cc1cncc2ccccc12. The number of hydrogen-bond acceptors (Lipinski definition) is 2. The molecule has 0 saturated heterocycles. The maximum atomic E-state index is 8.36. The summed E-state index contributed by atoms with van der Waals surface area (Å²) >= 11 is 0. The summed E-state index contributed by atoms with van der Waals surface area (Å²) in [5, 5.41) is 10.4. The largest absolute Gasteiger partial charge is 0.263 e. The minimum Gasteiger partial charge on any atom is -0.263 e. The van der Waals surface area contributed by atoms with E-state index in [0.29, 0.717) is 0 Å². The van der Waals surface area contributed by atoms with Crippen molar-refractivity contribution in [1.82, 2.24) is 4.98 Å². The Morgan fingerprint density at radius 1 is 1.14 bits per heavy atom. The molecule has 0 amide bonds. The molecule has 14 heavy (non-hydrogen) atoms. The summed E-state index contributed by atoms with van der Waals surface area (Å²) in [6.07, 6.45) is 3.46. The summed E-state index contributed by atoms with van der Waals surface area (Å²) in [7, 11) is 0. The molecular weight excluding hydrogens is 172 g/mol.